The molecule has 6 heteroatoms. The highest BCUT2D eigenvalue weighted by molar-refractivity contribution is 9.10. The molecular weight excluding hydrogens is 288 g/mol. The third-order valence-corrected chi connectivity index (χ3v) is 3.17. The number of urea groups is 1. The maximum Gasteiger partial charge on any atom is 0.328 e. The van der Waals surface area contributed by atoms with Gasteiger partial charge in [-0.2, -0.15) is 0 Å². The summed E-state index contributed by atoms with van der Waals surface area (Å²) in [5.41, 5.74) is 1.47. The van der Waals surface area contributed by atoms with Crippen LogP contribution in [0, 0.1) is 6.92 Å². The molecule has 1 aromatic carbocycles. The quantitative estimate of drug-likeness (QED) is 0.874. The highest BCUT2D eigenvalue weighted by atomic mass is 79.9. The number of carboxylic acid groups (broad SMARTS) is 1. The van der Waals surface area contributed by atoms with Gasteiger partial charge in [0.1, 0.15) is 0 Å². The number of aliphatic carboxylic acids is 1. The van der Waals surface area contributed by atoms with E-state index in [0.717, 1.165) is 10.0 Å². The largest absolute Gasteiger partial charge is 0.480 e. The normalized spacial score (nSPS) is 19.3. The second kappa shape index (κ2) is 4.37. The van der Waals surface area contributed by atoms with Crippen molar-refractivity contribution < 1.29 is 14.7 Å². The molecule has 1 aromatic rings. The third kappa shape index (κ3) is 2.12. The minimum atomic E-state index is -1.01. The fraction of sp³-hybridized carbons (Fsp3) is 0.273. The van der Waals surface area contributed by atoms with Crippen molar-refractivity contribution >= 4 is 33.6 Å². The molecule has 17 heavy (non-hydrogen) atoms. The molecule has 0 spiro atoms. The van der Waals surface area contributed by atoms with Gasteiger partial charge in [-0.1, -0.05) is 15.9 Å². The van der Waals surface area contributed by atoms with Gasteiger partial charge in [0.05, 0.1) is 6.54 Å². The number of carboxylic acids is 1. The molecule has 0 radical (unpaired) electrons. The first-order valence-electron chi connectivity index (χ1n) is 5.06. The standard InChI is InChI=1S/C11H11BrN2O3/c1-6-4-7(12)2-3-8(6)14-9(10(15)16)5-13-11(14)17/h2-4,9H,5H2,1H3,(H,13,17)(H,15,16). The van der Waals surface area contributed by atoms with E-state index in [2.05, 4.69) is 21.2 Å². The molecule has 1 saturated heterocycles. The molecule has 0 bridgehead atoms. The molecule has 90 valence electrons. The van der Waals surface area contributed by atoms with E-state index in [1.807, 2.05) is 13.0 Å². The zero-order valence-corrected chi connectivity index (χ0v) is 10.7. The number of anilines is 1. The maximum atomic E-state index is 11.7. The second-order valence-corrected chi connectivity index (χ2v) is 4.76. The van der Waals surface area contributed by atoms with Crippen molar-refractivity contribution in [3.05, 3.63) is 28.2 Å². The fourth-order valence-corrected chi connectivity index (χ4v) is 2.34. The average Bonchev–Trinajstić information content (AvgIpc) is 2.60. The lowest BCUT2D eigenvalue weighted by Gasteiger charge is -2.21. The summed E-state index contributed by atoms with van der Waals surface area (Å²) in [5, 5.41) is 11.6. The predicted molar refractivity (Wildman–Crippen MR) is 66.2 cm³/mol. The zero-order chi connectivity index (χ0) is 12.6. The highest BCUT2D eigenvalue weighted by Gasteiger charge is 2.37. The van der Waals surface area contributed by atoms with E-state index in [1.165, 1.54) is 4.90 Å². The number of hydrogen-bond acceptors (Lipinski definition) is 2. The minimum Gasteiger partial charge on any atom is -0.480 e. The van der Waals surface area contributed by atoms with Gasteiger partial charge in [-0.3, -0.25) is 4.90 Å². The molecule has 2 N–H and O–H groups in total. The number of hydrogen-bond donors (Lipinski definition) is 2. The van der Waals surface area contributed by atoms with E-state index in [4.69, 9.17) is 5.11 Å². The lowest BCUT2D eigenvalue weighted by Crippen LogP contribution is -2.40. The van der Waals surface area contributed by atoms with Crippen LogP contribution in [0.15, 0.2) is 22.7 Å². The Morgan fingerprint density at radius 2 is 2.29 bits per heavy atom. The molecule has 1 aliphatic heterocycles. The Morgan fingerprint density at radius 1 is 1.59 bits per heavy atom. The molecule has 0 aliphatic carbocycles. The van der Waals surface area contributed by atoms with Crippen molar-refractivity contribution in [1.29, 1.82) is 0 Å². The minimum absolute atomic E-state index is 0.129. The van der Waals surface area contributed by atoms with Crippen molar-refractivity contribution in [3.8, 4) is 0 Å². The Hall–Kier alpha value is -1.56. The number of nitrogens with zero attached hydrogens (tertiary/aromatic N) is 1. The molecular formula is C11H11BrN2O3. The van der Waals surface area contributed by atoms with E-state index < -0.39 is 12.0 Å². The molecule has 1 unspecified atom stereocenters. The Kier molecular flexibility index (Phi) is 3.06. The van der Waals surface area contributed by atoms with Gasteiger partial charge >= 0.3 is 12.0 Å². The molecule has 5 nitrogen and oxygen atoms in total. The molecule has 1 fully saturated rings. The molecule has 1 aliphatic rings. The predicted octanol–water partition coefficient (Wildman–Crippen LogP) is 1.74. The molecule has 1 atom stereocenters. The molecule has 2 amide bonds. The van der Waals surface area contributed by atoms with E-state index in [-0.39, 0.29) is 12.6 Å². The molecule has 2 rings (SSSR count). The van der Waals surface area contributed by atoms with Gasteiger partial charge in [0.15, 0.2) is 6.04 Å². The van der Waals surface area contributed by atoms with Crippen LogP contribution in [0.5, 0.6) is 0 Å². The first kappa shape index (κ1) is 11.9. The zero-order valence-electron chi connectivity index (χ0n) is 9.11. The number of nitrogens with one attached hydrogen (secondary N) is 1. The first-order valence-corrected chi connectivity index (χ1v) is 5.86. The number of carbonyl (C=O) groups is 2. The molecule has 1 heterocycles. The number of aryl methyl sites for hydroxylation is 1. The van der Waals surface area contributed by atoms with E-state index in [9.17, 15) is 9.59 Å². The molecule has 0 saturated carbocycles. The van der Waals surface area contributed by atoms with Crippen LogP contribution in [0.3, 0.4) is 0 Å². The number of benzene rings is 1. The van der Waals surface area contributed by atoms with Gasteiger partial charge in [0, 0.05) is 10.2 Å². The van der Waals surface area contributed by atoms with Crippen LogP contribution in [-0.4, -0.2) is 29.7 Å². The Morgan fingerprint density at radius 3 is 2.88 bits per heavy atom. The fourth-order valence-electron chi connectivity index (χ4n) is 1.87. The van der Waals surface area contributed by atoms with Gasteiger partial charge in [0.2, 0.25) is 0 Å². The van der Waals surface area contributed by atoms with Crippen LogP contribution in [0.4, 0.5) is 10.5 Å². The van der Waals surface area contributed by atoms with Gasteiger partial charge in [-0.05, 0) is 30.7 Å². The number of halogens is 1. The van der Waals surface area contributed by atoms with Crippen molar-refractivity contribution in [3.63, 3.8) is 0 Å². The van der Waals surface area contributed by atoms with Gasteiger partial charge in [-0.15, -0.1) is 0 Å². The Bertz CT molecular complexity index is 490. The topological polar surface area (TPSA) is 69.6 Å². The van der Waals surface area contributed by atoms with Crippen LogP contribution in [0.1, 0.15) is 5.56 Å². The SMILES string of the molecule is Cc1cc(Br)ccc1N1C(=O)NCC1C(=O)O. The first-order chi connectivity index (χ1) is 8.00. The van der Waals surface area contributed by atoms with Crippen LogP contribution in [-0.2, 0) is 4.79 Å². The summed E-state index contributed by atoms with van der Waals surface area (Å²) < 4.78 is 0.894. The summed E-state index contributed by atoms with van der Waals surface area (Å²) >= 11 is 3.33. The van der Waals surface area contributed by atoms with Crippen molar-refractivity contribution in [2.45, 2.75) is 13.0 Å². The van der Waals surface area contributed by atoms with Crippen molar-refractivity contribution in [1.82, 2.24) is 5.32 Å². The van der Waals surface area contributed by atoms with Crippen molar-refractivity contribution in [2.24, 2.45) is 0 Å². The van der Waals surface area contributed by atoms with E-state index >= 15 is 0 Å². The van der Waals surface area contributed by atoms with Crippen LogP contribution >= 0.6 is 15.9 Å². The maximum absolute atomic E-state index is 11.7. The summed E-state index contributed by atoms with van der Waals surface area (Å²) in [7, 11) is 0. The highest BCUT2D eigenvalue weighted by Crippen LogP contribution is 2.27. The second-order valence-electron chi connectivity index (χ2n) is 3.84. The number of rotatable bonds is 2. The monoisotopic (exact) mass is 298 g/mol. The van der Waals surface area contributed by atoms with Crippen LogP contribution < -0.4 is 10.2 Å². The summed E-state index contributed by atoms with van der Waals surface area (Å²) in [5.74, 6) is -1.01. The van der Waals surface area contributed by atoms with Gasteiger partial charge < -0.3 is 10.4 Å². The summed E-state index contributed by atoms with van der Waals surface area (Å²) in [6, 6.07) is 4.15. The Labute approximate surface area is 107 Å². The third-order valence-electron chi connectivity index (χ3n) is 2.68. The molecule has 0 aromatic heterocycles. The van der Waals surface area contributed by atoms with E-state index in [1.54, 1.807) is 12.1 Å². The van der Waals surface area contributed by atoms with Crippen LogP contribution in [0.25, 0.3) is 0 Å². The van der Waals surface area contributed by atoms with Gasteiger partial charge in [0.25, 0.3) is 0 Å². The number of carbonyl (C=O) groups excluding carboxylic acids is 1. The van der Waals surface area contributed by atoms with E-state index in [0.29, 0.717) is 5.69 Å². The van der Waals surface area contributed by atoms with Crippen molar-refractivity contribution in [2.75, 3.05) is 11.4 Å². The Balaban J connectivity index is 2.43. The lowest BCUT2D eigenvalue weighted by atomic mass is 10.1. The van der Waals surface area contributed by atoms with Crippen LogP contribution in [0.2, 0.25) is 0 Å². The summed E-state index contributed by atoms with van der Waals surface area (Å²) in [4.78, 5) is 24.0. The lowest BCUT2D eigenvalue weighted by molar-refractivity contribution is -0.137. The smallest absolute Gasteiger partial charge is 0.328 e. The average molecular weight is 299 g/mol. The summed E-state index contributed by atoms with van der Waals surface area (Å²) in [6.07, 6.45) is 0. The summed E-state index contributed by atoms with van der Waals surface area (Å²) in [6.45, 7) is 1.97. The van der Waals surface area contributed by atoms with Gasteiger partial charge in [-0.25, -0.2) is 9.59 Å². The number of amides is 2.